The van der Waals surface area contributed by atoms with Crippen molar-refractivity contribution in [3.05, 3.63) is 68.5 Å². The van der Waals surface area contributed by atoms with Crippen molar-refractivity contribution in [3.63, 3.8) is 0 Å². The zero-order chi connectivity index (χ0) is 19.6. The predicted molar refractivity (Wildman–Crippen MR) is 99.6 cm³/mol. The highest BCUT2D eigenvalue weighted by atomic mass is 16.2. The Bertz CT molecular complexity index is 977. The monoisotopic (exact) mass is 370 g/mol. The Balaban J connectivity index is 1.67. The van der Waals surface area contributed by atoms with Crippen molar-refractivity contribution < 1.29 is 9.59 Å². The summed E-state index contributed by atoms with van der Waals surface area (Å²) in [5, 5.41) is 0. The van der Waals surface area contributed by atoms with E-state index in [9.17, 15) is 19.2 Å². The first kappa shape index (κ1) is 18.6. The Labute approximate surface area is 156 Å². The number of rotatable bonds is 4. The molecule has 0 bridgehead atoms. The summed E-state index contributed by atoms with van der Waals surface area (Å²) < 4.78 is 2.07. The second kappa shape index (κ2) is 7.61. The molecule has 0 aliphatic carbocycles. The number of benzene rings is 1. The van der Waals surface area contributed by atoms with Gasteiger partial charge in [0.05, 0.1) is 0 Å². The number of nitrogens with zero attached hydrogens (tertiary/aromatic N) is 4. The maximum atomic E-state index is 12.7. The molecule has 1 aromatic carbocycles. The summed E-state index contributed by atoms with van der Waals surface area (Å²) in [7, 11) is 2.79. The third-order valence-corrected chi connectivity index (χ3v) is 4.86. The van der Waals surface area contributed by atoms with Gasteiger partial charge in [0.2, 0.25) is 5.91 Å². The molecule has 0 radical (unpaired) electrons. The molecule has 1 saturated heterocycles. The van der Waals surface area contributed by atoms with E-state index < -0.39 is 17.2 Å². The quantitative estimate of drug-likeness (QED) is 0.734. The van der Waals surface area contributed by atoms with Crippen LogP contribution in [0.15, 0.2) is 46.0 Å². The van der Waals surface area contributed by atoms with Crippen LogP contribution in [0.1, 0.15) is 16.1 Å². The van der Waals surface area contributed by atoms with Crippen LogP contribution < -0.4 is 11.2 Å². The Morgan fingerprint density at radius 3 is 2.37 bits per heavy atom. The number of amides is 2. The molecule has 0 atom stereocenters. The molecular formula is C19H22N4O4. The van der Waals surface area contributed by atoms with Gasteiger partial charge in [-0.25, -0.2) is 4.79 Å². The zero-order valence-corrected chi connectivity index (χ0v) is 15.4. The molecule has 1 aliphatic rings. The smallest absolute Gasteiger partial charge is 0.331 e. The average molecular weight is 370 g/mol. The molecule has 8 nitrogen and oxygen atoms in total. The maximum absolute atomic E-state index is 12.7. The van der Waals surface area contributed by atoms with Crippen molar-refractivity contribution in [1.29, 1.82) is 0 Å². The highest BCUT2D eigenvalue weighted by molar-refractivity contribution is 5.95. The van der Waals surface area contributed by atoms with Gasteiger partial charge in [-0.05, 0) is 12.0 Å². The molecule has 1 aromatic heterocycles. The van der Waals surface area contributed by atoms with Gasteiger partial charge in [0.15, 0.2) is 0 Å². The molecule has 0 unspecified atom stereocenters. The van der Waals surface area contributed by atoms with Crippen LogP contribution in [0, 0.1) is 0 Å². The molecule has 3 rings (SSSR count). The van der Waals surface area contributed by atoms with E-state index in [-0.39, 0.29) is 18.1 Å². The normalized spacial score (nSPS) is 14.5. The van der Waals surface area contributed by atoms with Crippen molar-refractivity contribution >= 4 is 11.8 Å². The van der Waals surface area contributed by atoms with Gasteiger partial charge in [-0.3, -0.25) is 23.5 Å². The van der Waals surface area contributed by atoms with Crippen LogP contribution in [0.3, 0.4) is 0 Å². The second-order valence-corrected chi connectivity index (χ2v) is 6.61. The van der Waals surface area contributed by atoms with Crippen LogP contribution in [0.5, 0.6) is 0 Å². The Hall–Kier alpha value is -3.16. The van der Waals surface area contributed by atoms with Crippen LogP contribution in [0.25, 0.3) is 0 Å². The summed E-state index contributed by atoms with van der Waals surface area (Å²) in [6, 6.07) is 11.0. The second-order valence-electron chi connectivity index (χ2n) is 6.61. The SMILES string of the molecule is Cn1c(C(=O)N2CCN(CCc3ccccc3)C(=O)C2)cc(=O)n(C)c1=O. The Kier molecular flexibility index (Phi) is 5.25. The van der Waals surface area contributed by atoms with E-state index in [1.54, 1.807) is 4.90 Å². The summed E-state index contributed by atoms with van der Waals surface area (Å²) in [6.07, 6.45) is 0.754. The molecule has 2 heterocycles. The number of carbonyl (C=O) groups is 2. The van der Waals surface area contributed by atoms with Crippen LogP contribution in [0.4, 0.5) is 0 Å². The van der Waals surface area contributed by atoms with E-state index in [1.807, 2.05) is 30.3 Å². The molecule has 2 aromatic rings. The first-order valence-corrected chi connectivity index (χ1v) is 8.76. The minimum atomic E-state index is -0.571. The number of hydrogen-bond acceptors (Lipinski definition) is 4. The lowest BCUT2D eigenvalue weighted by atomic mass is 10.1. The average Bonchev–Trinajstić information content (AvgIpc) is 2.68. The van der Waals surface area contributed by atoms with Crippen molar-refractivity contribution in [3.8, 4) is 0 Å². The third kappa shape index (κ3) is 3.84. The zero-order valence-electron chi connectivity index (χ0n) is 15.4. The lowest BCUT2D eigenvalue weighted by Crippen LogP contribution is -2.53. The molecule has 142 valence electrons. The lowest BCUT2D eigenvalue weighted by Gasteiger charge is -2.34. The number of carbonyl (C=O) groups excluding carboxylic acids is 2. The minimum Gasteiger partial charge on any atom is -0.339 e. The van der Waals surface area contributed by atoms with Crippen molar-refractivity contribution in [2.75, 3.05) is 26.2 Å². The predicted octanol–water partition coefficient (Wildman–Crippen LogP) is -0.389. The van der Waals surface area contributed by atoms with Gasteiger partial charge in [-0.1, -0.05) is 30.3 Å². The van der Waals surface area contributed by atoms with E-state index in [4.69, 9.17) is 0 Å². The highest BCUT2D eigenvalue weighted by Crippen LogP contribution is 2.09. The third-order valence-electron chi connectivity index (χ3n) is 4.86. The van der Waals surface area contributed by atoms with E-state index in [0.29, 0.717) is 19.6 Å². The molecule has 2 amide bonds. The van der Waals surface area contributed by atoms with E-state index in [1.165, 1.54) is 19.0 Å². The van der Waals surface area contributed by atoms with Crippen molar-refractivity contribution in [1.82, 2.24) is 18.9 Å². The van der Waals surface area contributed by atoms with Gasteiger partial charge in [0.25, 0.3) is 11.5 Å². The molecule has 27 heavy (non-hydrogen) atoms. The summed E-state index contributed by atoms with van der Waals surface area (Å²) in [5.74, 6) is -0.622. The largest absolute Gasteiger partial charge is 0.339 e. The Morgan fingerprint density at radius 1 is 1.00 bits per heavy atom. The molecular weight excluding hydrogens is 348 g/mol. The first-order valence-electron chi connectivity index (χ1n) is 8.76. The van der Waals surface area contributed by atoms with Crippen LogP contribution in [-0.2, 0) is 25.3 Å². The molecule has 1 fully saturated rings. The van der Waals surface area contributed by atoms with E-state index >= 15 is 0 Å². The van der Waals surface area contributed by atoms with Gasteiger partial charge in [0.1, 0.15) is 12.2 Å². The molecule has 0 N–H and O–H groups in total. The van der Waals surface area contributed by atoms with Crippen molar-refractivity contribution in [2.45, 2.75) is 6.42 Å². The number of piperazine rings is 1. The molecule has 8 heteroatoms. The summed E-state index contributed by atoms with van der Waals surface area (Å²) in [6.45, 7) is 1.32. The summed E-state index contributed by atoms with van der Waals surface area (Å²) >= 11 is 0. The Morgan fingerprint density at radius 2 is 1.70 bits per heavy atom. The lowest BCUT2D eigenvalue weighted by molar-refractivity contribution is -0.134. The first-order chi connectivity index (χ1) is 12.9. The van der Waals surface area contributed by atoms with Crippen LogP contribution >= 0.6 is 0 Å². The van der Waals surface area contributed by atoms with E-state index in [0.717, 1.165) is 27.2 Å². The van der Waals surface area contributed by atoms with Crippen molar-refractivity contribution in [2.24, 2.45) is 14.1 Å². The number of aromatic nitrogens is 2. The standard InChI is InChI=1S/C19H22N4O4/c1-20-15(12-16(24)21(2)19(20)27)18(26)23-11-10-22(17(25)13-23)9-8-14-6-4-3-5-7-14/h3-7,12H,8-11,13H2,1-2H3. The maximum Gasteiger partial charge on any atom is 0.331 e. The summed E-state index contributed by atoms with van der Waals surface area (Å²) in [4.78, 5) is 52.1. The molecule has 0 saturated carbocycles. The van der Waals surface area contributed by atoms with Crippen LogP contribution in [0.2, 0.25) is 0 Å². The highest BCUT2D eigenvalue weighted by Gasteiger charge is 2.29. The molecule has 1 aliphatic heterocycles. The van der Waals surface area contributed by atoms with Gasteiger partial charge >= 0.3 is 5.69 Å². The minimum absolute atomic E-state index is 0.00589. The fourth-order valence-electron chi connectivity index (χ4n) is 3.13. The summed E-state index contributed by atoms with van der Waals surface area (Å²) in [5.41, 5.74) is 0.0283. The topological polar surface area (TPSA) is 84.6 Å². The van der Waals surface area contributed by atoms with Gasteiger partial charge in [-0.15, -0.1) is 0 Å². The van der Waals surface area contributed by atoms with Gasteiger partial charge in [-0.2, -0.15) is 0 Å². The van der Waals surface area contributed by atoms with Gasteiger partial charge in [0, 0.05) is 39.8 Å². The fraction of sp³-hybridized carbons (Fsp3) is 0.368. The van der Waals surface area contributed by atoms with Gasteiger partial charge < -0.3 is 9.80 Å². The molecule has 0 spiro atoms. The number of hydrogen-bond donors (Lipinski definition) is 0. The van der Waals surface area contributed by atoms with E-state index in [2.05, 4.69) is 0 Å². The fourth-order valence-corrected chi connectivity index (χ4v) is 3.13. The van der Waals surface area contributed by atoms with Crippen LogP contribution in [-0.4, -0.2) is 56.9 Å².